The van der Waals surface area contributed by atoms with E-state index in [4.69, 9.17) is 9.26 Å². The average molecular weight is 491 g/mol. The van der Waals surface area contributed by atoms with Crippen molar-refractivity contribution in [2.75, 3.05) is 45.2 Å². The summed E-state index contributed by atoms with van der Waals surface area (Å²) in [7, 11) is 1.63. The van der Waals surface area contributed by atoms with Crippen LogP contribution in [0.2, 0.25) is 0 Å². The summed E-state index contributed by atoms with van der Waals surface area (Å²) >= 11 is 0. The molecule has 2 heterocycles. The molecule has 188 valence electrons. The molecule has 3 aromatic rings. The van der Waals surface area contributed by atoms with Gasteiger partial charge >= 0.3 is 0 Å². The zero-order valence-corrected chi connectivity index (χ0v) is 20.3. The summed E-state index contributed by atoms with van der Waals surface area (Å²) in [6.07, 6.45) is 2.07. The van der Waals surface area contributed by atoms with Crippen molar-refractivity contribution in [2.45, 2.75) is 25.4 Å². The molecule has 1 aromatic heterocycles. The number of rotatable bonds is 9. The van der Waals surface area contributed by atoms with Gasteiger partial charge in [0.25, 0.3) is 5.91 Å². The van der Waals surface area contributed by atoms with Crippen molar-refractivity contribution >= 4 is 17.5 Å². The molecule has 2 amide bonds. The largest absolute Gasteiger partial charge is 0.497 e. The molecule has 36 heavy (non-hydrogen) atoms. The van der Waals surface area contributed by atoms with Gasteiger partial charge in [0.2, 0.25) is 17.6 Å². The van der Waals surface area contributed by atoms with E-state index in [2.05, 4.69) is 30.6 Å². The second kappa shape index (κ2) is 10.9. The minimum Gasteiger partial charge on any atom is -0.497 e. The lowest BCUT2D eigenvalue weighted by atomic mass is 10.2. The number of amides is 2. The molecular formula is C26H30N6O4. The van der Waals surface area contributed by atoms with Gasteiger partial charge in [-0.05, 0) is 55.3 Å². The second-order valence-electron chi connectivity index (χ2n) is 9.17. The summed E-state index contributed by atoms with van der Waals surface area (Å²) < 4.78 is 10.6. The molecule has 0 bridgehead atoms. The van der Waals surface area contributed by atoms with Crippen molar-refractivity contribution in [1.29, 1.82) is 0 Å². The zero-order chi connectivity index (χ0) is 24.9. The predicted octanol–water partition coefficient (Wildman–Crippen LogP) is 2.39. The van der Waals surface area contributed by atoms with Gasteiger partial charge in [-0.3, -0.25) is 19.4 Å². The van der Waals surface area contributed by atoms with Crippen LogP contribution in [0, 0.1) is 0 Å². The molecule has 2 fully saturated rings. The molecule has 1 saturated heterocycles. The number of nitrogens with zero attached hydrogens (tertiary/aromatic N) is 4. The van der Waals surface area contributed by atoms with Crippen LogP contribution in [0.1, 0.15) is 29.1 Å². The SMILES string of the molecule is COc1ccc(-c2noc(CN3CCN(CC(=O)Nc4cccc(C(=O)NC5CC5)c4)CC3)n2)cc1. The Morgan fingerprint density at radius 1 is 1.06 bits per heavy atom. The first-order valence-corrected chi connectivity index (χ1v) is 12.2. The summed E-state index contributed by atoms with van der Waals surface area (Å²) in [4.78, 5) is 33.7. The highest BCUT2D eigenvalue weighted by atomic mass is 16.5. The number of anilines is 1. The molecular weight excluding hydrogens is 460 g/mol. The van der Waals surface area contributed by atoms with E-state index in [1.54, 1.807) is 31.4 Å². The van der Waals surface area contributed by atoms with Gasteiger partial charge in [0.15, 0.2) is 0 Å². The Kier molecular flexibility index (Phi) is 7.24. The number of aromatic nitrogens is 2. The quantitative estimate of drug-likeness (QED) is 0.470. The number of benzene rings is 2. The van der Waals surface area contributed by atoms with Gasteiger partial charge in [0, 0.05) is 49.0 Å². The van der Waals surface area contributed by atoms with Crippen LogP contribution in [0.15, 0.2) is 53.1 Å². The Morgan fingerprint density at radius 2 is 1.81 bits per heavy atom. The van der Waals surface area contributed by atoms with E-state index in [9.17, 15) is 9.59 Å². The topological polar surface area (TPSA) is 113 Å². The van der Waals surface area contributed by atoms with Crippen molar-refractivity contribution < 1.29 is 18.8 Å². The minimum absolute atomic E-state index is 0.0933. The van der Waals surface area contributed by atoms with Gasteiger partial charge in [-0.15, -0.1) is 0 Å². The maximum Gasteiger partial charge on any atom is 0.251 e. The van der Waals surface area contributed by atoms with E-state index in [0.717, 1.165) is 50.3 Å². The summed E-state index contributed by atoms with van der Waals surface area (Å²) in [6.45, 7) is 3.98. The fourth-order valence-corrected chi connectivity index (χ4v) is 4.11. The fraction of sp³-hybridized carbons (Fsp3) is 0.385. The summed E-state index contributed by atoms with van der Waals surface area (Å²) in [5.41, 5.74) is 2.06. The lowest BCUT2D eigenvalue weighted by molar-refractivity contribution is -0.117. The summed E-state index contributed by atoms with van der Waals surface area (Å²) in [6, 6.07) is 14.9. The van der Waals surface area contributed by atoms with Gasteiger partial charge in [0.05, 0.1) is 20.2 Å². The third kappa shape index (κ3) is 6.27. The zero-order valence-electron chi connectivity index (χ0n) is 20.3. The highest BCUT2D eigenvalue weighted by Crippen LogP contribution is 2.21. The van der Waals surface area contributed by atoms with Crippen LogP contribution in [0.3, 0.4) is 0 Å². The third-order valence-electron chi connectivity index (χ3n) is 6.33. The maximum atomic E-state index is 12.6. The van der Waals surface area contributed by atoms with Crippen LogP contribution in [-0.4, -0.2) is 77.6 Å². The van der Waals surface area contributed by atoms with Crippen molar-refractivity contribution in [3.8, 4) is 17.1 Å². The fourth-order valence-electron chi connectivity index (χ4n) is 4.11. The lowest BCUT2D eigenvalue weighted by Crippen LogP contribution is -2.48. The minimum atomic E-state index is -0.0953. The smallest absolute Gasteiger partial charge is 0.251 e. The molecule has 0 radical (unpaired) electrons. The molecule has 2 N–H and O–H groups in total. The lowest BCUT2D eigenvalue weighted by Gasteiger charge is -2.33. The van der Waals surface area contributed by atoms with Crippen LogP contribution >= 0.6 is 0 Å². The van der Waals surface area contributed by atoms with Crippen molar-refractivity contribution in [1.82, 2.24) is 25.3 Å². The maximum absolute atomic E-state index is 12.6. The number of carbonyl (C=O) groups excluding carboxylic acids is 2. The van der Waals surface area contributed by atoms with Gasteiger partial charge in [-0.25, -0.2) is 0 Å². The number of piperazine rings is 1. The number of ether oxygens (including phenoxy) is 1. The van der Waals surface area contributed by atoms with E-state index in [0.29, 0.717) is 42.1 Å². The highest BCUT2D eigenvalue weighted by Gasteiger charge is 2.24. The van der Waals surface area contributed by atoms with E-state index < -0.39 is 0 Å². The Labute approximate surface area is 209 Å². The van der Waals surface area contributed by atoms with Crippen molar-refractivity contribution in [3.05, 3.63) is 60.0 Å². The van der Waals surface area contributed by atoms with Crippen LogP contribution in [-0.2, 0) is 11.3 Å². The molecule has 10 heteroatoms. The molecule has 2 aromatic carbocycles. The van der Waals surface area contributed by atoms with Crippen molar-refractivity contribution in [3.63, 3.8) is 0 Å². The van der Waals surface area contributed by atoms with E-state index in [1.807, 2.05) is 24.3 Å². The molecule has 0 spiro atoms. The average Bonchev–Trinajstić information content (AvgIpc) is 3.59. The standard InChI is InChI=1S/C26H30N6O4/c1-35-22-9-5-18(6-10-22)25-29-24(36-30-25)17-32-13-11-31(12-14-32)16-23(33)27-21-4-2-3-19(15-21)26(34)28-20-7-8-20/h2-6,9-10,15,20H,7-8,11-14,16-17H2,1H3,(H,27,33)(H,28,34). The number of hydrogen-bond donors (Lipinski definition) is 2. The van der Waals surface area contributed by atoms with Gasteiger partial charge in [-0.1, -0.05) is 11.2 Å². The van der Waals surface area contributed by atoms with Crippen LogP contribution in [0.4, 0.5) is 5.69 Å². The van der Waals surface area contributed by atoms with Crippen LogP contribution < -0.4 is 15.4 Å². The van der Waals surface area contributed by atoms with Crippen LogP contribution in [0.25, 0.3) is 11.4 Å². The van der Waals surface area contributed by atoms with E-state index >= 15 is 0 Å². The number of nitrogens with one attached hydrogen (secondary N) is 2. The Balaban J connectivity index is 1.06. The predicted molar refractivity (Wildman–Crippen MR) is 134 cm³/mol. The van der Waals surface area contributed by atoms with Gasteiger partial charge < -0.3 is 19.9 Å². The first-order valence-electron chi connectivity index (χ1n) is 12.2. The second-order valence-corrected chi connectivity index (χ2v) is 9.17. The number of hydrogen-bond acceptors (Lipinski definition) is 8. The molecule has 1 aliphatic heterocycles. The number of carbonyl (C=O) groups is 2. The molecule has 0 atom stereocenters. The molecule has 1 aliphatic carbocycles. The Morgan fingerprint density at radius 3 is 2.53 bits per heavy atom. The van der Waals surface area contributed by atoms with Gasteiger partial charge in [0.1, 0.15) is 5.75 Å². The third-order valence-corrected chi connectivity index (χ3v) is 6.33. The number of methoxy groups -OCH3 is 1. The Hall–Kier alpha value is -3.76. The molecule has 5 rings (SSSR count). The van der Waals surface area contributed by atoms with Crippen molar-refractivity contribution in [2.24, 2.45) is 0 Å². The summed E-state index contributed by atoms with van der Waals surface area (Å²) in [5, 5.41) is 9.98. The molecule has 2 aliphatic rings. The molecule has 0 unspecified atom stereocenters. The highest BCUT2D eigenvalue weighted by molar-refractivity contribution is 5.97. The van der Waals surface area contributed by atoms with E-state index in [1.165, 1.54) is 0 Å². The molecule has 10 nitrogen and oxygen atoms in total. The van der Waals surface area contributed by atoms with Crippen LogP contribution in [0.5, 0.6) is 5.75 Å². The summed E-state index contributed by atoms with van der Waals surface area (Å²) in [5.74, 6) is 1.71. The van der Waals surface area contributed by atoms with Gasteiger partial charge in [-0.2, -0.15) is 4.98 Å². The molecule has 1 saturated carbocycles. The first kappa shape index (κ1) is 24.0. The monoisotopic (exact) mass is 490 g/mol. The normalized spacial score (nSPS) is 16.5. The van der Waals surface area contributed by atoms with E-state index in [-0.39, 0.29) is 11.8 Å². The first-order chi connectivity index (χ1) is 17.6. The Bertz CT molecular complexity index is 1200.